The Morgan fingerprint density at radius 2 is 1.70 bits per heavy atom. The highest BCUT2D eigenvalue weighted by Crippen LogP contribution is 2.33. The highest BCUT2D eigenvalue weighted by atomic mass is 16.5. The van der Waals surface area contributed by atoms with Crippen LogP contribution in [-0.4, -0.2) is 85.0 Å². The predicted molar refractivity (Wildman–Crippen MR) is 186 cm³/mol. The molecule has 3 aromatic rings. The molecule has 4 rings (SSSR count). The summed E-state index contributed by atoms with van der Waals surface area (Å²) in [7, 11) is 9.38. The van der Waals surface area contributed by atoms with Gasteiger partial charge in [-0.25, -0.2) is 4.79 Å². The standard InChI is InChI=1S/C36H53N7O3/c1-36(2,3)33-23-32(42(7)39-33)34(44)43(29-16-14-28(37)15-17-29)24-25-11-9-12-26(21-25)27-13-18-31(30(22-27)38-35(45)46-8)41(6)20-10-19-40(4)5/h9,11-13,18,21-23,28-29H,10,14-17,19-20,24,37H2,1-8H3,(H,38,45). The van der Waals surface area contributed by atoms with Crippen LogP contribution in [0.4, 0.5) is 16.2 Å². The summed E-state index contributed by atoms with van der Waals surface area (Å²) in [6.07, 6.45) is 4.03. The van der Waals surface area contributed by atoms with Gasteiger partial charge in [-0.05, 0) is 93.7 Å². The number of nitrogens with zero attached hydrogens (tertiary/aromatic N) is 5. The van der Waals surface area contributed by atoms with Crippen LogP contribution in [0.15, 0.2) is 48.5 Å². The molecule has 2 amide bonds. The minimum atomic E-state index is -0.514. The van der Waals surface area contributed by atoms with E-state index in [1.165, 1.54) is 7.11 Å². The zero-order chi connectivity index (χ0) is 33.6. The molecule has 1 heterocycles. The first-order valence-corrected chi connectivity index (χ1v) is 16.3. The molecule has 1 aliphatic carbocycles. The number of rotatable bonds is 11. The lowest BCUT2D eigenvalue weighted by atomic mass is 9.90. The number of hydrogen-bond donors (Lipinski definition) is 2. The number of ether oxygens (including phenoxy) is 1. The molecule has 0 unspecified atom stereocenters. The van der Waals surface area contributed by atoms with Gasteiger partial charge in [0.25, 0.3) is 5.91 Å². The summed E-state index contributed by atoms with van der Waals surface area (Å²) in [5.74, 6) is -0.0115. The van der Waals surface area contributed by atoms with E-state index in [4.69, 9.17) is 10.5 Å². The van der Waals surface area contributed by atoms with Gasteiger partial charge in [0.2, 0.25) is 0 Å². The van der Waals surface area contributed by atoms with Crippen LogP contribution in [0.1, 0.15) is 74.6 Å². The molecule has 2 aromatic carbocycles. The Labute approximate surface area is 274 Å². The number of aromatic nitrogens is 2. The van der Waals surface area contributed by atoms with E-state index in [1.807, 2.05) is 43.3 Å². The molecular weight excluding hydrogens is 578 g/mol. The van der Waals surface area contributed by atoms with Crippen LogP contribution < -0.4 is 16.0 Å². The SMILES string of the molecule is COC(=O)Nc1cc(-c2cccc(CN(C(=O)c3cc(C(C)(C)C)nn3C)C3CCC(N)CC3)c2)ccc1N(C)CCCN(C)C. The fourth-order valence-corrected chi connectivity index (χ4v) is 6.06. The molecule has 0 saturated heterocycles. The van der Waals surface area contributed by atoms with Crippen molar-refractivity contribution >= 4 is 23.4 Å². The zero-order valence-electron chi connectivity index (χ0n) is 29.0. The molecule has 10 heteroatoms. The Morgan fingerprint density at radius 3 is 2.33 bits per heavy atom. The minimum absolute atomic E-state index is 0.0115. The second kappa shape index (κ2) is 15.1. The lowest BCUT2D eigenvalue weighted by Gasteiger charge is -2.36. The Balaban J connectivity index is 1.64. The second-order valence-corrected chi connectivity index (χ2v) is 13.9. The molecule has 0 bridgehead atoms. The highest BCUT2D eigenvalue weighted by Gasteiger charge is 2.31. The molecule has 10 nitrogen and oxygen atoms in total. The van der Waals surface area contributed by atoms with Crippen LogP contribution in [0.5, 0.6) is 0 Å². The summed E-state index contributed by atoms with van der Waals surface area (Å²) >= 11 is 0. The van der Waals surface area contributed by atoms with E-state index in [0.717, 1.165) is 73.3 Å². The van der Waals surface area contributed by atoms with Crippen molar-refractivity contribution in [2.75, 3.05) is 51.6 Å². The van der Waals surface area contributed by atoms with Crippen molar-refractivity contribution in [3.05, 3.63) is 65.5 Å². The predicted octanol–water partition coefficient (Wildman–Crippen LogP) is 5.86. The number of nitrogens with two attached hydrogens (primary N) is 1. The first kappa shape index (κ1) is 35.0. The molecule has 0 atom stereocenters. The van der Waals surface area contributed by atoms with E-state index in [0.29, 0.717) is 17.9 Å². The van der Waals surface area contributed by atoms with Crippen LogP contribution in [0.2, 0.25) is 0 Å². The van der Waals surface area contributed by atoms with E-state index in [9.17, 15) is 9.59 Å². The van der Waals surface area contributed by atoms with Crippen molar-refractivity contribution in [2.24, 2.45) is 12.8 Å². The first-order valence-electron chi connectivity index (χ1n) is 16.3. The summed E-state index contributed by atoms with van der Waals surface area (Å²) < 4.78 is 6.65. The lowest BCUT2D eigenvalue weighted by molar-refractivity contribution is 0.0595. The monoisotopic (exact) mass is 631 g/mol. The van der Waals surface area contributed by atoms with Gasteiger partial charge in [0.05, 0.1) is 24.2 Å². The van der Waals surface area contributed by atoms with Crippen LogP contribution in [0.25, 0.3) is 11.1 Å². The summed E-state index contributed by atoms with van der Waals surface area (Å²) in [5.41, 5.74) is 12.2. The fraction of sp³-hybridized carbons (Fsp3) is 0.528. The summed E-state index contributed by atoms with van der Waals surface area (Å²) in [6, 6.07) is 16.6. The number of amides is 2. The molecule has 1 aliphatic rings. The van der Waals surface area contributed by atoms with E-state index in [-0.39, 0.29) is 23.4 Å². The third-order valence-electron chi connectivity index (χ3n) is 8.85. The van der Waals surface area contributed by atoms with Gasteiger partial charge in [-0.3, -0.25) is 14.8 Å². The van der Waals surface area contributed by atoms with Crippen molar-refractivity contribution in [2.45, 2.75) is 76.9 Å². The minimum Gasteiger partial charge on any atom is -0.453 e. The van der Waals surface area contributed by atoms with Crippen LogP contribution in [0, 0.1) is 0 Å². The normalized spacial score (nSPS) is 16.7. The average Bonchev–Trinajstić information content (AvgIpc) is 3.42. The van der Waals surface area contributed by atoms with Crippen molar-refractivity contribution < 1.29 is 14.3 Å². The van der Waals surface area contributed by atoms with Gasteiger partial charge in [-0.15, -0.1) is 0 Å². The van der Waals surface area contributed by atoms with Crippen LogP contribution >= 0.6 is 0 Å². The van der Waals surface area contributed by atoms with Crippen molar-refractivity contribution in [1.82, 2.24) is 19.6 Å². The molecule has 1 aromatic heterocycles. The van der Waals surface area contributed by atoms with E-state index < -0.39 is 6.09 Å². The Kier molecular flexibility index (Phi) is 11.5. The number of aryl methyl sites for hydroxylation is 1. The topological polar surface area (TPSA) is 109 Å². The van der Waals surface area contributed by atoms with Crippen molar-refractivity contribution in [3.8, 4) is 11.1 Å². The van der Waals surface area contributed by atoms with Crippen molar-refractivity contribution in [3.63, 3.8) is 0 Å². The maximum absolute atomic E-state index is 14.2. The fourth-order valence-electron chi connectivity index (χ4n) is 6.06. The molecule has 0 spiro atoms. The Hall–Kier alpha value is -3.89. The van der Waals surface area contributed by atoms with Gasteiger partial charge in [-0.1, -0.05) is 45.0 Å². The number of carbonyl (C=O) groups excluding carboxylic acids is 2. The number of hydrogen-bond acceptors (Lipinski definition) is 7. The van der Waals surface area contributed by atoms with Gasteiger partial charge in [-0.2, -0.15) is 5.10 Å². The summed E-state index contributed by atoms with van der Waals surface area (Å²) in [6.45, 7) is 8.61. The number of methoxy groups -OCH3 is 1. The first-order chi connectivity index (χ1) is 21.8. The average molecular weight is 632 g/mol. The Bertz CT molecular complexity index is 1480. The number of anilines is 2. The molecule has 1 fully saturated rings. The lowest BCUT2D eigenvalue weighted by Crippen LogP contribution is -2.44. The van der Waals surface area contributed by atoms with E-state index >= 15 is 0 Å². The molecule has 46 heavy (non-hydrogen) atoms. The summed E-state index contributed by atoms with van der Waals surface area (Å²) in [5, 5.41) is 7.60. The van der Waals surface area contributed by atoms with Gasteiger partial charge in [0.15, 0.2) is 0 Å². The molecule has 3 N–H and O–H groups in total. The number of nitrogens with one attached hydrogen (secondary N) is 1. The van der Waals surface area contributed by atoms with Gasteiger partial charge in [0.1, 0.15) is 5.69 Å². The maximum atomic E-state index is 14.2. The Morgan fingerprint density at radius 1 is 1.00 bits per heavy atom. The van der Waals surface area contributed by atoms with Crippen LogP contribution in [0.3, 0.4) is 0 Å². The van der Waals surface area contributed by atoms with Crippen LogP contribution in [-0.2, 0) is 23.7 Å². The number of carbonyl (C=O) groups is 2. The molecule has 0 aliphatic heterocycles. The van der Waals surface area contributed by atoms with Gasteiger partial charge < -0.3 is 25.2 Å². The highest BCUT2D eigenvalue weighted by molar-refractivity contribution is 5.93. The zero-order valence-corrected chi connectivity index (χ0v) is 29.0. The third-order valence-corrected chi connectivity index (χ3v) is 8.85. The number of benzene rings is 2. The molecule has 1 saturated carbocycles. The summed E-state index contributed by atoms with van der Waals surface area (Å²) in [4.78, 5) is 32.8. The quantitative estimate of drug-likeness (QED) is 0.273. The van der Waals surface area contributed by atoms with Gasteiger partial charge >= 0.3 is 6.09 Å². The largest absolute Gasteiger partial charge is 0.453 e. The molecule has 250 valence electrons. The van der Waals surface area contributed by atoms with E-state index in [2.05, 4.69) is 79.3 Å². The van der Waals surface area contributed by atoms with E-state index in [1.54, 1.807) is 4.68 Å². The maximum Gasteiger partial charge on any atom is 0.411 e. The molecular formula is C36H53N7O3. The second-order valence-electron chi connectivity index (χ2n) is 13.9. The third kappa shape index (κ3) is 8.88. The van der Waals surface area contributed by atoms with Gasteiger partial charge in [0, 0.05) is 44.7 Å². The molecule has 0 radical (unpaired) electrons. The smallest absolute Gasteiger partial charge is 0.411 e. The van der Waals surface area contributed by atoms with Crippen molar-refractivity contribution in [1.29, 1.82) is 0 Å².